The molecule has 178 valence electrons. The van der Waals surface area contributed by atoms with Crippen LogP contribution in [0.4, 0.5) is 23.2 Å². The van der Waals surface area contributed by atoms with Crippen molar-refractivity contribution in [3.63, 3.8) is 0 Å². The maximum Gasteiger partial charge on any atom is 0.573 e. The molecule has 6 nitrogen and oxygen atoms in total. The van der Waals surface area contributed by atoms with Crippen LogP contribution in [-0.4, -0.2) is 45.5 Å². The van der Waals surface area contributed by atoms with Gasteiger partial charge in [-0.15, -0.1) is 13.2 Å². The van der Waals surface area contributed by atoms with Gasteiger partial charge in [0.25, 0.3) is 0 Å². The highest BCUT2D eigenvalue weighted by atomic mass is 32.2. The van der Waals surface area contributed by atoms with Gasteiger partial charge >= 0.3 is 6.36 Å². The van der Waals surface area contributed by atoms with Crippen LogP contribution < -0.4 is 15.4 Å². The minimum atomic E-state index is -4.78. The fourth-order valence-corrected chi connectivity index (χ4v) is 4.80. The van der Waals surface area contributed by atoms with Crippen LogP contribution in [0.2, 0.25) is 0 Å². The van der Waals surface area contributed by atoms with Crippen molar-refractivity contribution in [3.05, 3.63) is 47.8 Å². The maximum absolute atomic E-state index is 14.4. The van der Waals surface area contributed by atoms with Gasteiger partial charge in [0.2, 0.25) is 0 Å². The predicted octanol–water partition coefficient (Wildman–Crippen LogP) is 5.16. The molecule has 0 bridgehead atoms. The molecule has 0 radical (unpaired) electrons. The molecule has 4 rings (SSSR count). The third kappa shape index (κ3) is 5.70. The zero-order chi connectivity index (χ0) is 23.6. The summed E-state index contributed by atoms with van der Waals surface area (Å²) in [6.45, 7) is 5.17. The summed E-state index contributed by atoms with van der Waals surface area (Å²) in [4.78, 5) is 4.47. The van der Waals surface area contributed by atoms with Gasteiger partial charge in [-0.2, -0.15) is 5.10 Å². The number of piperidine rings is 1. The Bertz CT molecular complexity index is 1100. The van der Waals surface area contributed by atoms with Gasteiger partial charge in [-0.25, -0.2) is 13.9 Å². The Labute approximate surface area is 193 Å². The fraction of sp³-hybridized carbons (Fsp3) is 0.455. The Hall–Kier alpha value is -2.53. The van der Waals surface area contributed by atoms with Crippen molar-refractivity contribution in [1.29, 1.82) is 0 Å². The molecule has 1 fully saturated rings. The number of anilines is 1. The number of alkyl halides is 4. The Morgan fingerprint density at radius 2 is 2.09 bits per heavy atom. The summed E-state index contributed by atoms with van der Waals surface area (Å²) in [5.74, 6) is -0.118. The van der Waals surface area contributed by atoms with E-state index in [1.165, 1.54) is 23.9 Å². The highest BCUT2D eigenvalue weighted by Gasteiger charge is 2.32. The number of benzene rings is 1. The van der Waals surface area contributed by atoms with E-state index in [0.717, 1.165) is 12.2 Å². The van der Waals surface area contributed by atoms with Crippen molar-refractivity contribution in [2.75, 3.05) is 18.4 Å². The van der Waals surface area contributed by atoms with E-state index in [0.29, 0.717) is 34.9 Å². The fourth-order valence-electron chi connectivity index (χ4n) is 3.69. The number of fused-ring (bicyclic) bond motifs is 1. The van der Waals surface area contributed by atoms with Crippen LogP contribution in [0, 0.1) is 0 Å². The van der Waals surface area contributed by atoms with Gasteiger partial charge in [0.15, 0.2) is 5.65 Å². The molecular weight excluding hydrogens is 458 g/mol. The van der Waals surface area contributed by atoms with E-state index in [4.69, 9.17) is 0 Å². The van der Waals surface area contributed by atoms with Gasteiger partial charge < -0.3 is 15.4 Å². The first kappa shape index (κ1) is 23.6. The van der Waals surface area contributed by atoms with Crippen LogP contribution in [0.25, 0.3) is 5.65 Å². The molecule has 1 saturated heterocycles. The minimum Gasteiger partial charge on any atom is -0.405 e. The first-order chi connectivity index (χ1) is 15.7. The Morgan fingerprint density at radius 3 is 2.82 bits per heavy atom. The molecular formula is C22H25F4N5OS. The molecule has 2 aromatic heterocycles. The van der Waals surface area contributed by atoms with Crippen molar-refractivity contribution >= 4 is 23.1 Å². The van der Waals surface area contributed by atoms with E-state index in [2.05, 4.69) is 25.5 Å². The lowest BCUT2D eigenvalue weighted by Crippen LogP contribution is -2.39. The van der Waals surface area contributed by atoms with Crippen molar-refractivity contribution in [2.24, 2.45) is 0 Å². The lowest BCUT2D eigenvalue weighted by atomic mass is 10.1. The molecule has 33 heavy (non-hydrogen) atoms. The second-order valence-corrected chi connectivity index (χ2v) is 9.40. The Balaban J connectivity index is 1.64. The zero-order valence-electron chi connectivity index (χ0n) is 18.2. The normalized spacial score (nSPS) is 19.2. The standard InChI is InChI=1S/C22H25F4N5OS/c1-13(2)17-12-29-21-16(28-10-14-5-3-4-6-18(14)32-22(24,25)26)9-20(30-31(17)21)33-19-7-8-27-11-15(19)23/h3-6,9,12-13,15,19,27-28H,7-8,10-11H2,1-2H3. The van der Waals surface area contributed by atoms with E-state index >= 15 is 0 Å². The van der Waals surface area contributed by atoms with Gasteiger partial charge in [-0.05, 0) is 31.0 Å². The third-order valence-corrected chi connectivity index (χ3v) is 6.63. The molecule has 3 aromatic rings. The number of hydrogen-bond donors (Lipinski definition) is 2. The number of nitrogens with one attached hydrogen (secondary N) is 2. The zero-order valence-corrected chi connectivity index (χ0v) is 19.0. The van der Waals surface area contributed by atoms with Crippen LogP contribution >= 0.6 is 11.8 Å². The van der Waals surface area contributed by atoms with Gasteiger partial charge in [-0.3, -0.25) is 0 Å². The third-order valence-electron chi connectivity index (χ3n) is 5.35. The van der Waals surface area contributed by atoms with E-state index in [1.807, 2.05) is 13.8 Å². The van der Waals surface area contributed by atoms with Crippen LogP contribution in [0.5, 0.6) is 5.75 Å². The van der Waals surface area contributed by atoms with Crippen molar-refractivity contribution in [3.8, 4) is 5.75 Å². The summed E-state index contributed by atoms with van der Waals surface area (Å²) in [5.41, 5.74) is 2.39. The summed E-state index contributed by atoms with van der Waals surface area (Å²) < 4.78 is 58.6. The van der Waals surface area contributed by atoms with E-state index in [1.54, 1.807) is 28.9 Å². The lowest BCUT2D eigenvalue weighted by Gasteiger charge is -2.26. The average Bonchev–Trinajstić information content (AvgIpc) is 3.18. The molecule has 1 aliphatic rings. The second kappa shape index (κ2) is 9.76. The highest BCUT2D eigenvalue weighted by molar-refractivity contribution is 7.99. The molecule has 2 unspecified atom stereocenters. The molecule has 1 aliphatic heterocycles. The lowest BCUT2D eigenvalue weighted by molar-refractivity contribution is -0.274. The topological polar surface area (TPSA) is 63.5 Å². The van der Waals surface area contributed by atoms with Gasteiger partial charge in [-0.1, -0.05) is 43.8 Å². The first-order valence-corrected chi connectivity index (χ1v) is 11.6. The molecule has 3 heterocycles. The van der Waals surface area contributed by atoms with E-state index in [9.17, 15) is 17.6 Å². The summed E-state index contributed by atoms with van der Waals surface area (Å²) in [5, 5.41) is 11.3. The molecule has 0 saturated carbocycles. The number of nitrogens with zero attached hydrogens (tertiary/aromatic N) is 3. The minimum absolute atomic E-state index is 0.0823. The number of hydrogen-bond acceptors (Lipinski definition) is 6. The number of imidazole rings is 1. The number of rotatable bonds is 7. The molecule has 2 N–H and O–H groups in total. The number of ether oxygens (including phenoxy) is 1. The molecule has 0 aliphatic carbocycles. The molecule has 2 atom stereocenters. The number of aromatic nitrogens is 3. The largest absolute Gasteiger partial charge is 0.573 e. The van der Waals surface area contributed by atoms with E-state index < -0.39 is 12.5 Å². The molecule has 0 spiro atoms. The Morgan fingerprint density at radius 1 is 1.30 bits per heavy atom. The van der Waals surface area contributed by atoms with Gasteiger partial charge in [0.05, 0.1) is 17.6 Å². The van der Waals surface area contributed by atoms with Crippen LogP contribution in [0.1, 0.15) is 37.4 Å². The number of thioether (sulfide) groups is 1. The Kier molecular flexibility index (Phi) is 6.99. The van der Waals surface area contributed by atoms with Gasteiger partial charge in [0, 0.05) is 23.9 Å². The molecule has 1 aromatic carbocycles. The summed E-state index contributed by atoms with van der Waals surface area (Å²) in [7, 11) is 0. The van der Waals surface area contributed by atoms with Crippen molar-refractivity contribution in [2.45, 2.75) is 55.5 Å². The second-order valence-electron chi connectivity index (χ2n) is 8.14. The predicted molar refractivity (Wildman–Crippen MR) is 120 cm³/mol. The highest BCUT2D eigenvalue weighted by Crippen LogP contribution is 2.33. The van der Waals surface area contributed by atoms with Crippen LogP contribution in [0.15, 0.2) is 41.6 Å². The van der Waals surface area contributed by atoms with Crippen LogP contribution in [0.3, 0.4) is 0 Å². The molecule has 0 amide bonds. The quantitative estimate of drug-likeness (QED) is 0.453. The summed E-state index contributed by atoms with van der Waals surface area (Å²) in [6, 6.07) is 7.75. The maximum atomic E-state index is 14.4. The average molecular weight is 484 g/mol. The summed E-state index contributed by atoms with van der Waals surface area (Å²) in [6.07, 6.45) is -3.36. The SMILES string of the molecule is CC(C)c1cnc2c(NCc3ccccc3OC(F)(F)F)cc(SC3CCNCC3F)nn12. The van der Waals surface area contributed by atoms with Crippen LogP contribution in [-0.2, 0) is 6.54 Å². The number of halogens is 4. The summed E-state index contributed by atoms with van der Waals surface area (Å²) >= 11 is 1.37. The monoisotopic (exact) mass is 483 g/mol. The number of para-hydroxylation sites is 1. The molecule has 11 heteroatoms. The smallest absolute Gasteiger partial charge is 0.405 e. The van der Waals surface area contributed by atoms with Gasteiger partial charge in [0.1, 0.15) is 16.9 Å². The van der Waals surface area contributed by atoms with Crippen molar-refractivity contribution in [1.82, 2.24) is 19.9 Å². The van der Waals surface area contributed by atoms with Crippen molar-refractivity contribution < 1.29 is 22.3 Å². The first-order valence-electron chi connectivity index (χ1n) is 10.7. The van der Waals surface area contributed by atoms with E-state index in [-0.39, 0.29) is 23.5 Å².